The van der Waals surface area contributed by atoms with Crippen molar-refractivity contribution in [1.82, 2.24) is 20.2 Å². The third-order valence-corrected chi connectivity index (χ3v) is 2.44. The van der Waals surface area contributed by atoms with Crippen molar-refractivity contribution < 1.29 is 13.9 Å². The number of nitrogens with one attached hydrogen (secondary N) is 2. The minimum absolute atomic E-state index is 0.0172. The van der Waals surface area contributed by atoms with E-state index in [2.05, 4.69) is 15.5 Å². The van der Waals surface area contributed by atoms with Crippen molar-refractivity contribution in [3.8, 4) is 11.6 Å². The van der Waals surface area contributed by atoms with Crippen LogP contribution in [0.3, 0.4) is 0 Å². The van der Waals surface area contributed by atoms with Crippen molar-refractivity contribution in [2.24, 2.45) is 5.73 Å². The Kier molecular flexibility index (Phi) is 4.39. The second kappa shape index (κ2) is 6.41. The van der Waals surface area contributed by atoms with Crippen LogP contribution in [0.1, 0.15) is 12.5 Å². The fraction of sp³-hybridized carbons (Fsp3) is 0.273. The van der Waals surface area contributed by atoms with E-state index in [-0.39, 0.29) is 18.4 Å². The Bertz CT molecular complexity index is 698. The van der Waals surface area contributed by atoms with Crippen molar-refractivity contribution in [1.29, 1.82) is 5.41 Å². The number of H-pyrrole nitrogens is 1. The normalized spacial score (nSPS) is 11.4. The summed E-state index contributed by atoms with van der Waals surface area (Å²) in [5.74, 6) is 0.247. The second-order valence-electron chi connectivity index (χ2n) is 3.76. The molecule has 2 rings (SSSR count). The molecule has 0 spiro atoms. The monoisotopic (exact) mass is 294 g/mol. The van der Waals surface area contributed by atoms with E-state index in [1.165, 1.54) is 12.3 Å². The lowest BCUT2D eigenvalue weighted by Gasteiger charge is -2.07. The molecule has 0 amide bonds. The number of ether oxygens (including phenoxy) is 2. The molecule has 0 aliphatic rings. The molecule has 2 aromatic heterocycles. The Morgan fingerprint density at radius 1 is 1.67 bits per heavy atom. The Labute approximate surface area is 118 Å². The van der Waals surface area contributed by atoms with Gasteiger partial charge in [-0.05, 0) is 17.4 Å². The van der Waals surface area contributed by atoms with Gasteiger partial charge in [-0.3, -0.25) is 0 Å². The Hall–Kier alpha value is -3.04. The standard InChI is InChI=1S/C11H14N6O4/c1-2-19-10-7(5-20-9(13)3-4-12)8(6-21-10)17-11(18)14-15-16-17/h3-4,6,12H,2,5,13H2,1H3,(H,14,16,18). The molecule has 0 fully saturated rings. The number of hydrogen-bond acceptors (Lipinski definition) is 8. The Balaban J connectivity index is 2.34. The maximum absolute atomic E-state index is 11.6. The van der Waals surface area contributed by atoms with Crippen LogP contribution < -0.4 is 16.2 Å². The molecule has 4 N–H and O–H groups in total. The predicted molar refractivity (Wildman–Crippen MR) is 71.3 cm³/mol. The number of furan rings is 1. The predicted octanol–water partition coefficient (Wildman–Crippen LogP) is -0.0864. The molecule has 21 heavy (non-hydrogen) atoms. The van der Waals surface area contributed by atoms with E-state index in [9.17, 15) is 4.79 Å². The van der Waals surface area contributed by atoms with Crippen LogP contribution >= 0.6 is 0 Å². The molecule has 2 aromatic rings. The summed E-state index contributed by atoms with van der Waals surface area (Å²) >= 11 is 0. The van der Waals surface area contributed by atoms with E-state index in [0.29, 0.717) is 17.9 Å². The van der Waals surface area contributed by atoms with Gasteiger partial charge in [0.1, 0.15) is 18.6 Å². The first-order chi connectivity index (χ1) is 10.2. The molecular weight excluding hydrogens is 280 g/mol. The lowest BCUT2D eigenvalue weighted by atomic mass is 10.3. The number of aromatic amines is 1. The summed E-state index contributed by atoms with van der Waals surface area (Å²) in [6.07, 6.45) is 3.59. The first-order valence-electron chi connectivity index (χ1n) is 6.00. The average molecular weight is 294 g/mol. The summed E-state index contributed by atoms with van der Waals surface area (Å²) in [6, 6.07) is 0. The van der Waals surface area contributed by atoms with Gasteiger partial charge in [-0.2, -0.15) is 4.68 Å². The molecule has 0 saturated heterocycles. The SMILES string of the molecule is CCOc1occ(-n2nn[nH]c2=O)c1COC(N)=CC=N. The molecular formula is C11H14N6O4. The van der Waals surface area contributed by atoms with Gasteiger partial charge in [0.25, 0.3) is 5.95 Å². The van der Waals surface area contributed by atoms with E-state index >= 15 is 0 Å². The maximum Gasteiger partial charge on any atom is 0.365 e. The highest BCUT2D eigenvalue weighted by atomic mass is 16.6. The van der Waals surface area contributed by atoms with Crippen LogP contribution in [0.25, 0.3) is 5.69 Å². The number of rotatable bonds is 7. The van der Waals surface area contributed by atoms with E-state index in [4.69, 9.17) is 25.0 Å². The largest absolute Gasteiger partial charge is 0.474 e. The third kappa shape index (κ3) is 3.11. The number of tetrazole rings is 1. The summed E-state index contributed by atoms with van der Waals surface area (Å²) in [6.45, 7) is 2.15. The topological polar surface area (TPSA) is 145 Å². The van der Waals surface area contributed by atoms with E-state index in [1.807, 2.05) is 0 Å². The van der Waals surface area contributed by atoms with Crippen LogP contribution in [-0.4, -0.2) is 33.0 Å². The molecule has 0 bridgehead atoms. The lowest BCUT2D eigenvalue weighted by Crippen LogP contribution is -2.17. The highest BCUT2D eigenvalue weighted by molar-refractivity contribution is 5.68. The molecule has 0 radical (unpaired) electrons. The summed E-state index contributed by atoms with van der Waals surface area (Å²) < 4.78 is 16.9. The smallest absolute Gasteiger partial charge is 0.365 e. The summed E-state index contributed by atoms with van der Waals surface area (Å²) in [7, 11) is 0. The highest BCUT2D eigenvalue weighted by Gasteiger charge is 2.20. The van der Waals surface area contributed by atoms with Gasteiger partial charge in [0.05, 0.1) is 12.2 Å². The van der Waals surface area contributed by atoms with Crippen molar-refractivity contribution >= 4 is 6.21 Å². The lowest BCUT2D eigenvalue weighted by molar-refractivity contribution is 0.184. The summed E-state index contributed by atoms with van der Waals surface area (Å²) in [4.78, 5) is 11.6. The highest BCUT2D eigenvalue weighted by Crippen LogP contribution is 2.28. The molecule has 0 saturated carbocycles. The molecule has 112 valence electrons. The van der Waals surface area contributed by atoms with Crippen molar-refractivity contribution in [2.45, 2.75) is 13.5 Å². The fourth-order valence-electron chi connectivity index (χ4n) is 1.56. The van der Waals surface area contributed by atoms with E-state index in [1.54, 1.807) is 6.92 Å². The second-order valence-corrected chi connectivity index (χ2v) is 3.76. The summed E-state index contributed by atoms with van der Waals surface area (Å²) in [5, 5.41) is 16.1. The number of allylic oxidation sites excluding steroid dienone is 1. The van der Waals surface area contributed by atoms with Gasteiger partial charge in [0.2, 0.25) is 0 Å². The quantitative estimate of drug-likeness (QED) is 0.478. The molecule has 0 aromatic carbocycles. The van der Waals surface area contributed by atoms with Gasteiger partial charge in [-0.25, -0.2) is 9.89 Å². The van der Waals surface area contributed by atoms with Crippen molar-refractivity contribution in [3.63, 3.8) is 0 Å². The fourth-order valence-corrected chi connectivity index (χ4v) is 1.56. The molecule has 0 aliphatic heterocycles. The molecule has 0 unspecified atom stereocenters. The molecule has 0 atom stereocenters. The summed E-state index contributed by atoms with van der Waals surface area (Å²) in [5.41, 5.74) is 5.80. The zero-order valence-electron chi connectivity index (χ0n) is 11.2. The van der Waals surface area contributed by atoms with Crippen LogP contribution in [0, 0.1) is 5.41 Å². The maximum atomic E-state index is 11.6. The number of hydrogen-bond donors (Lipinski definition) is 3. The molecule has 2 heterocycles. The molecule has 10 heteroatoms. The molecule has 0 aliphatic carbocycles. The minimum atomic E-state index is -0.525. The van der Waals surface area contributed by atoms with Gasteiger partial charge in [-0.15, -0.1) is 0 Å². The van der Waals surface area contributed by atoms with Crippen LogP contribution in [0.2, 0.25) is 0 Å². The van der Waals surface area contributed by atoms with Crippen LogP contribution in [0.4, 0.5) is 0 Å². The number of aromatic nitrogens is 4. The minimum Gasteiger partial charge on any atom is -0.474 e. The van der Waals surface area contributed by atoms with Crippen LogP contribution in [0.15, 0.2) is 27.4 Å². The van der Waals surface area contributed by atoms with Crippen molar-refractivity contribution in [3.05, 3.63) is 34.3 Å². The average Bonchev–Trinajstić information content (AvgIpc) is 3.03. The van der Waals surface area contributed by atoms with Crippen LogP contribution in [-0.2, 0) is 11.3 Å². The van der Waals surface area contributed by atoms with Gasteiger partial charge in [0, 0.05) is 12.3 Å². The number of nitrogens with two attached hydrogens (primary N) is 1. The van der Waals surface area contributed by atoms with E-state index in [0.717, 1.165) is 10.9 Å². The Morgan fingerprint density at radius 3 is 3.10 bits per heavy atom. The van der Waals surface area contributed by atoms with Gasteiger partial charge >= 0.3 is 5.69 Å². The first-order valence-corrected chi connectivity index (χ1v) is 6.00. The van der Waals surface area contributed by atoms with Gasteiger partial charge < -0.3 is 25.0 Å². The van der Waals surface area contributed by atoms with Gasteiger partial charge in [-0.1, -0.05) is 0 Å². The number of nitrogens with zero attached hydrogens (tertiary/aromatic N) is 3. The van der Waals surface area contributed by atoms with E-state index < -0.39 is 5.69 Å². The van der Waals surface area contributed by atoms with Gasteiger partial charge in [0.15, 0.2) is 5.88 Å². The first kappa shape index (κ1) is 14.4. The van der Waals surface area contributed by atoms with Crippen molar-refractivity contribution in [2.75, 3.05) is 6.61 Å². The molecule has 10 nitrogen and oxygen atoms in total. The zero-order valence-corrected chi connectivity index (χ0v) is 11.2. The third-order valence-electron chi connectivity index (χ3n) is 2.44. The Morgan fingerprint density at radius 2 is 2.48 bits per heavy atom. The zero-order chi connectivity index (χ0) is 15.2. The van der Waals surface area contributed by atoms with Crippen LogP contribution in [0.5, 0.6) is 5.95 Å².